The van der Waals surface area contributed by atoms with Crippen molar-refractivity contribution in [2.75, 3.05) is 39.9 Å². The number of nitrogens with two attached hydrogens (primary N) is 1. The number of hydrogen-bond acceptors (Lipinski definition) is 7. The Morgan fingerprint density at radius 2 is 1.93 bits per heavy atom. The molecule has 3 atom stereocenters. The van der Waals surface area contributed by atoms with Crippen molar-refractivity contribution in [2.45, 2.75) is 42.7 Å². The Hall–Kier alpha value is -3.52. The minimum Gasteiger partial charge on any atom is -0.385 e. The third kappa shape index (κ3) is 5.18. The standard InChI is InChI=1S/C28H35N7O5S/c1-40-13-5-12-35-25-8-3-2-7-23(25)30-26(35)18-6-4-11-33(15-18)27(36)20-16-34(17-21(20)29)41(38,39)19-9-10-22-24(14-19)32-28(37)31-22/h2-3,7-10,14,18,20-21H,4-6,11-13,15-17,29H2,1H3,(H2,31,32,37)/t18?,20-,21-/m1/s1. The molecule has 2 aliphatic rings. The number of nitrogens with one attached hydrogen (secondary N) is 2. The maximum absolute atomic E-state index is 13.8. The molecule has 1 amide bonds. The highest BCUT2D eigenvalue weighted by Gasteiger charge is 2.43. The van der Waals surface area contributed by atoms with Gasteiger partial charge in [-0.2, -0.15) is 4.31 Å². The first kappa shape index (κ1) is 27.6. The maximum atomic E-state index is 13.8. The van der Waals surface area contributed by atoms with Gasteiger partial charge in [0.15, 0.2) is 0 Å². The molecule has 0 radical (unpaired) electrons. The van der Waals surface area contributed by atoms with E-state index in [-0.39, 0.29) is 29.8 Å². The van der Waals surface area contributed by atoms with Crippen LogP contribution in [0, 0.1) is 5.92 Å². The predicted octanol–water partition coefficient (Wildman–Crippen LogP) is 1.60. The Kier molecular flexibility index (Phi) is 7.45. The molecule has 1 unspecified atom stereocenters. The molecule has 13 heteroatoms. The lowest BCUT2D eigenvalue weighted by Crippen LogP contribution is -2.47. The van der Waals surface area contributed by atoms with Crippen LogP contribution in [0.1, 0.15) is 31.0 Å². The number of methoxy groups -OCH3 is 1. The number of hydrogen-bond donors (Lipinski definition) is 3. The van der Waals surface area contributed by atoms with Gasteiger partial charge in [0.05, 0.1) is 32.9 Å². The van der Waals surface area contributed by atoms with Crippen LogP contribution in [-0.4, -0.2) is 89.0 Å². The molecule has 0 aliphatic carbocycles. The number of ether oxygens (including phenoxy) is 1. The third-order valence-corrected chi connectivity index (χ3v) is 10.1. The van der Waals surface area contributed by atoms with Gasteiger partial charge in [0, 0.05) is 58.4 Å². The second-order valence-corrected chi connectivity index (χ2v) is 12.9. The molecule has 2 aromatic heterocycles. The normalized spacial score (nSPS) is 22.2. The molecule has 4 N–H and O–H groups in total. The number of likely N-dealkylation sites (tertiary alicyclic amines) is 1. The average Bonchev–Trinajstić information content (AvgIpc) is 3.66. The number of imidazole rings is 2. The number of piperidine rings is 1. The van der Waals surface area contributed by atoms with Crippen molar-refractivity contribution in [3.63, 3.8) is 0 Å². The molecule has 2 saturated heterocycles. The summed E-state index contributed by atoms with van der Waals surface area (Å²) in [4.78, 5) is 37.4. The number of benzene rings is 2. The van der Waals surface area contributed by atoms with Gasteiger partial charge in [-0.15, -0.1) is 0 Å². The summed E-state index contributed by atoms with van der Waals surface area (Å²) >= 11 is 0. The quantitative estimate of drug-likeness (QED) is 0.267. The zero-order chi connectivity index (χ0) is 28.7. The highest BCUT2D eigenvalue weighted by Crippen LogP contribution is 2.32. The summed E-state index contributed by atoms with van der Waals surface area (Å²) in [6.45, 7) is 2.61. The molecule has 0 bridgehead atoms. The van der Waals surface area contributed by atoms with E-state index in [2.05, 4.69) is 20.6 Å². The van der Waals surface area contributed by atoms with Gasteiger partial charge in [0.2, 0.25) is 15.9 Å². The van der Waals surface area contributed by atoms with E-state index in [0.29, 0.717) is 30.7 Å². The highest BCUT2D eigenvalue weighted by atomic mass is 32.2. The van der Waals surface area contributed by atoms with E-state index in [1.54, 1.807) is 13.2 Å². The topological polar surface area (TPSA) is 159 Å². The number of aromatic nitrogens is 4. The van der Waals surface area contributed by atoms with Crippen molar-refractivity contribution >= 4 is 38.0 Å². The molecular formula is C28H35N7O5S. The van der Waals surface area contributed by atoms with Gasteiger partial charge in [-0.25, -0.2) is 18.2 Å². The lowest BCUT2D eigenvalue weighted by atomic mass is 9.94. The second-order valence-electron chi connectivity index (χ2n) is 11.0. The van der Waals surface area contributed by atoms with Gasteiger partial charge in [0.1, 0.15) is 5.82 Å². The highest BCUT2D eigenvalue weighted by molar-refractivity contribution is 7.89. The fourth-order valence-corrected chi connectivity index (χ4v) is 7.73. The smallest absolute Gasteiger partial charge is 0.323 e. The number of carbonyl (C=O) groups excluding carboxylic acids is 1. The van der Waals surface area contributed by atoms with Crippen LogP contribution in [0.4, 0.5) is 0 Å². The summed E-state index contributed by atoms with van der Waals surface area (Å²) < 4.78 is 35.7. The van der Waals surface area contributed by atoms with E-state index in [1.165, 1.54) is 16.4 Å². The van der Waals surface area contributed by atoms with E-state index in [1.807, 2.05) is 23.1 Å². The molecular weight excluding hydrogens is 546 g/mol. The SMILES string of the molecule is COCCCn1c(C2CCCN(C(=O)[C@@H]3CN(S(=O)(=O)c4ccc5[nH]c(=O)[nH]c5c4)C[C@H]3N)C2)nc2ccccc21. The average molecular weight is 582 g/mol. The summed E-state index contributed by atoms with van der Waals surface area (Å²) in [7, 11) is -2.22. The van der Waals surface area contributed by atoms with Crippen LogP contribution in [0.25, 0.3) is 22.1 Å². The van der Waals surface area contributed by atoms with Crippen LogP contribution in [0.5, 0.6) is 0 Å². The van der Waals surface area contributed by atoms with E-state index in [9.17, 15) is 18.0 Å². The number of para-hydroxylation sites is 2. The van der Waals surface area contributed by atoms with Crippen LogP contribution < -0.4 is 11.4 Å². The van der Waals surface area contributed by atoms with Crippen molar-refractivity contribution in [3.8, 4) is 0 Å². The fourth-order valence-electron chi connectivity index (χ4n) is 6.20. The number of amides is 1. The summed E-state index contributed by atoms with van der Waals surface area (Å²) in [5, 5.41) is 0. The minimum atomic E-state index is -3.91. The summed E-state index contributed by atoms with van der Waals surface area (Å²) in [6.07, 6.45) is 2.60. The third-order valence-electron chi connectivity index (χ3n) is 8.29. The van der Waals surface area contributed by atoms with E-state index < -0.39 is 27.7 Å². The molecule has 0 spiro atoms. The Labute approximate surface area is 237 Å². The van der Waals surface area contributed by atoms with Gasteiger partial charge in [-0.1, -0.05) is 12.1 Å². The van der Waals surface area contributed by atoms with Crippen LogP contribution >= 0.6 is 0 Å². The lowest BCUT2D eigenvalue weighted by Gasteiger charge is -2.35. The lowest BCUT2D eigenvalue weighted by molar-refractivity contribution is -0.136. The first-order valence-electron chi connectivity index (χ1n) is 14.0. The summed E-state index contributed by atoms with van der Waals surface area (Å²) in [5.41, 5.74) is 8.92. The number of nitrogens with zero attached hydrogens (tertiary/aromatic N) is 4. The molecule has 0 saturated carbocycles. The van der Waals surface area contributed by atoms with Crippen LogP contribution in [-0.2, 0) is 26.1 Å². The van der Waals surface area contributed by atoms with E-state index in [0.717, 1.165) is 42.7 Å². The predicted molar refractivity (Wildman–Crippen MR) is 154 cm³/mol. The van der Waals surface area contributed by atoms with E-state index in [4.69, 9.17) is 15.5 Å². The molecule has 4 aromatic rings. The number of aryl methyl sites for hydroxylation is 1. The maximum Gasteiger partial charge on any atom is 0.323 e. The summed E-state index contributed by atoms with van der Waals surface area (Å²) in [5.74, 6) is 0.278. The van der Waals surface area contributed by atoms with Gasteiger partial charge in [0.25, 0.3) is 0 Å². The number of sulfonamides is 1. The molecule has 12 nitrogen and oxygen atoms in total. The number of aromatic amines is 2. The number of rotatable bonds is 8. The van der Waals surface area contributed by atoms with Crippen molar-refractivity contribution in [1.82, 2.24) is 28.7 Å². The molecule has 218 valence electrons. The van der Waals surface area contributed by atoms with Crippen molar-refractivity contribution in [3.05, 3.63) is 58.8 Å². The Morgan fingerprint density at radius 3 is 2.76 bits per heavy atom. The Morgan fingerprint density at radius 1 is 1.12 bits per heavy atom. The van der Waals surface area contributed by atoms with Crippen molar-refractivity contribution in [2.24, 2.45) is 11.7 Å². The van der Waals surface area contributed by atoms with Gasteiger partial charge in [-0.05, 0) is 49.6 Å². The number of carbonyl (C=O) groups is 1. The van der Waals surface area contributed by atoms with Gasteiger partial charge in [-0.3, -0.25) is 4.79 Å². The molecule has 2 aliphatic heterocycles. The molecule has 2 fully saturated rings. The number of fused-ring (bicyclic) bond motifs is 2. The monoisotopic (exact) mass is 581 g/mol. The number of H-pyrrole nitrogens is 2. The van der Waals surface area contributed by atoms with Crippen molar-refractivity contribution in [1.29, 1.82) is 0 Å². The Balaban J connectivity index is 1.19. The van der Waals surface area contributed by atoms with Crippen molar-refractivity contribution < 1.29 is 17.9 Å². The summed E-state index contributed by atoms with van der Waals surface area (Å²) in [6, 6.07) is 11.9. The van der Waals surface area contributed by atoms with Gasteiger partial charge >= 0.3 is 5.69 Å². The molecule has 6 rings (SSSR count). The largest absolute Gasteiger partial charge is 0.385 e. The minimum absolute atomic E-state index is 0.0146. The van der Waals surface area contributed by atoms with Crippen LogP contribution in [0.15, 0.2) is 52.2 Å². The molecule has 41 heavy (non-hydrogen) atoms. The zero-order valence-electron chi connectivity index (χ0n) is 23.0. The van der Waals surface area contributed by atoms with Crippen LogP contribution in [0.2, 0.25) is 0 Å². The Bertz CT molecular complexity index is 1740. The first-order chi connectivity index (χ1) is 19.8. The van der Waals surface area contributed by atoms with Crippen LogP contribution in [0.3, 0.4) is 0 Å². The van der Waals surface area contributed by atoms with E-state index >= 15 is 0 Å². The van der Waals surface area contributed by atoms with Gasteiger partial charge < -0.3 is 29.9 Å². The molecule has 4 heterocycles. The second kappa shape index (κ2) is 11.0. The first-order valence-corrected chi connectivity index (χ1v) is 15.4. The zero-order valence-corrected chi connectivity index (χ0v) is 23.8. The molecule has 2 aromatic carbocycles. The fraction of sp³-hybridized carbons (Fsp3) is 0.464.